The first kappa shape index (κ1) is 18.8. The fraction of sp³-hybridized carbons (Fsp3) is 0.667. The van der Waals surface area contributed by atoms with Crippen LogP contribution in [0.15, 0.2) is 0 Å². The molecule has 10 heteroatoms. The van der Waals surface area contributed by atoms with Gasteiger partial charge in [0.05, 0.1) is 6.61 Å². The van der Waals surface area contributed by atoms with E-state index >= 15 is 0 Å². The molecule has 0 aromatic carbocycles. The molecule has 0 bridgehead atoms. The van der Waals surface area contributed by atoms with Crippen LogP contribution < -0.4 is 34.7 Å². The summed E-state index contributed by atoms with van der Waals surface area (Å²) in [5, 5.41) is 15.3. The van der Waals surface area contributed by atoms with Crippen molar-refractivity contribution in [2.45, 2.75) is 6.92 Å². The monoisotopic (exact) mass is 226 g/mol. The molecule has 0 aromatic heterocycles. The number of rotatable bonds is 3. The number of carboxylic acid groups (broad SMARTS) is 2. The minimum Gasteiger partial charge on any atom is -0.565 e. The molecule has 0 radical (unpaired) electrons. The Labute approximate surface area is 96.6 Å². The molecule has 74 valence electrons. The van der Waals surface area contributed by atoms with Crippen LogP contribution in [-0.4, -0.2) is 30.8 Å². The summed E-state index contributed by atoms with van der Waals surface area (Å²) in [6, 6.07) is 0. The van der Waals surface area contributed by atoms with E-state index in [2.05, 4.69) is 9.22 Å². The van der Waals surface area contributed by atoms with Crippen LogP contribution in [0.4, 0.5) is 4.79 Å². The first-order valence-corrected chi connectivity index (χ1v) is 3.84. The third-order valence-electron chi connectivity index (χ3n) is 0.252. The Bertz CT molecular complexity index is 205. The minimum absolute atomic E-state index is 0. The second-order valence-corrected chi connectivity index (χ2v) is 2.16. The smallest absolute Gasteiger partial charge is 0.565 e. The molecule has 0 aromatic rings. The van der Waals surface area contributed by atoms with Gasteiger partial charge >= 0.3 is 40.0 Å². The van der Waals surface area contributed by atoms with Crippen LogP contribution in [0, 0.1) is 0 Å². The van der Waals surface area contributed by atoms with E-state index in [1.165, 1.54) is 6.92 Å². The van der Waals surface area contributed by atoms with Crippen molar-refractivity contribution in [3.8, 4) is 0 Å². The first-order chi connectivity index (χ1) is 5.29. The van der Waals surface area contributed by atoms with Crippen LogP contribution in [0.1, 0.15) is 6.92 Å². The third-order valence-corrected chi connectivity index (χ3v) is 0.520. The van der Waals surface area contributed by atoms with Gasteiger partial charge in [-0.05, 0) is 6.92 Å². The molecule has 0 saturated carbocycles. The van der Waals surface area contributed by atoms with Crippen molar-refractivity contribution in [1.82, 2.24) is 0 Å². The second-order valence-electron chi connectivity index (χ2n) is 1.17. The Hall–Kier alpha value is 0.1000. The maximum atomic E-state index is 9.60. The van der Waals surface area contributed by atoms with Gasteiger partial charge in [0.15, 0.2) is 0 Å². The van der Waals surface area contributed by atoms with Crippen molar-refractivity contribution in [2.24, 2.45) is 0 Å². The predicted octanol–water partition coefficient (Wildman–Crippen LogP) is -4.35. The molecule has 0 amide bonds. The molecule has 0 aliphatic rings. The van der Waals surface area contributed by atoms with E-state index in [9.17, 15) is 8.42 Å². The molecule has 0 spiro atoms. The van der Waals surface area contributed by atoms with Gasteiger partial charge in [-0.3, -0.25) is 4.55 Å². The van der Waals surface area contributed by atoms with E-state index in [0.717, 1.165) is 0 Å². The van der Waals surface area contributed by atoms with Gasteiger partial charge in [-0.2, -0.15) is 8.42 Å². The zero-order valence-electron chi connectivity index (χ0n) is 6.96. The van der Waals surface area contributed by atoms with Gasteiger partial charge in [-0.25, -0.2) is 4.89 Å². The van der Waals surface area contributed by atoms with Crippen LogP contribution in [0.25, 0.3) is 0 Å². The molecule has 0 rings (SSSR count). The second kappa shape index (κ2) is 10.2. The molecule has 0 unspecified atom stereocenters. The van der Waals surface area contributed by atoms with E-state index in [-0.39, 0.29) is 36.2 Å². The quantitative estimate of drug-likeness (QED) is 0.213. The van der Waals surface area contributed by atoms with Gasteiger partial charge in [-0.1, -0.05) is 4.33 Å². The summed E-state index contributed by atoms with van der Waals surface area (Å²) in [7, 11) is -4.41. The zero-order chi connectivity index (χ0) is 10.2. The first-order valence-electron chi connectivity index (χ1n) is 2.48. The van der Waals surface area contributed by atoms with Crippen molar-refractivity contribution in [1.29, 1.82) is 0 Å². The summed E-state index contributed by atoms with van der Waals surface area (Å²) in [5.74, 6) is 0. The summed E-state index contributed by atoms with van der Waals surface area (Å²) < 4.78 is 30.4. The molecule has 0 aliphatic heterocycles. The van der Waals surface area contributed by atoms with Crippen molar-refractivity contribution in [3.63, 3.8) is 0 Å². The van der Waals surface area contributed by atoms with Gasteiger partial charge in [-0.15, -0.1) is 0 Å². The van der Waals surface area contributed by atoms with E-state index in [0.29, 0.717) is 0 Å². The molecular weight excluding hydrogens is 219 g/mol. The molecule has 0 atom stereocenters. The van der Waals surface area contributed by atoms with Crippen LogP contribution in [-0.2, 0) is 19.6 Å². The van der Waals surface area contributed by atoms with E-state index in [1.54, 1.807) is 0 Å². The van der Waals surface area contributed by atoms with Gasteiger partial charge in [0.25, 0.3) is 0 Å². The summed E-state index contributed by atoms with van der Waals surface area (Å²) in [4.78, 5) is 12.3. The van der Waals surface area contributed by atoms with E-state index in [4.69, 9.17) is 19.6 Å². The molecule has 0 saturated heterocycles. The summed E-state index contributed by atoms with van der Waals surface area (Å²) in [6.07, 6.45) is -2.08. The Kier molecular flexibility index (Phi) is 14.7. The molecule has 0 aliphatic carbocycles. The summed E-state index contributed by atoms with van der Waals surface area (Å²) in [6.45, 7) is 1.59. The van der Waals surface area contributed by atoms with Crippen molar-refractivity contribution in [3.05, 3.63) is 0 Å². The largest absolute Gasteiger partial charge is 1.00 e. The standard InChI is InChI=1S/C2H6O5S.CH2O3.Na/c1-2-6-7-8(3,4)5;2-1(3)4;/h2H2,1H3,(H,3,4,5);(H2,2,3,4);/q;;+1/p-1. The average Bonchev–Trinajstić information content (AvgIpc) is 1.80. The van der Waals surface area contributed by atoms with Crippen LogP contribution >= 0.6 is 0 Å². The van der Waals surface area contributed by atoms with Crippen LogP contribution in [0.3, 0.4) is 0 Å². The van der Waals surface area contributed by atoms with Gasteiger partial charge in [0, 0.05) is 0 Å². The average molecular weight is 226 g/mol. The van der Waals surface area contributed by atoms with Crippen LogP contribution in [0.5, 0.6) is 0 Å². The fourth-order valence-electron chi connectivity index (χ4n) is 0.109. The SMILES string of the molecule is CCOOS(=O)(=O)O.O=C([O-])O.[Na+]. The number of hydrogen-bond acceptors (Lipinski definition) is 6. The maximum Gasteiger partial charge on any atom is 1.00 e. The van der Waals surface area contributed by atoms with Gasteiger partial charge in [0.1, 0.15) is 0 Å². The minimum atomic E-state index is -4.41. The molecule has 0 heterocycles. The number of hydrogen-bond donors (Lipinski definition) is 2. The predicted molar refractivity (Wildman–Crippen MR) is 32.3 cm³/mol. The molecular formula is C3H7NaO8S. The summed E-state index contributed by atoms with van der Waals surface area (Å²) in [5.41, 5.74) is 0. The molecule has 13 heavy (non-hydrogen) atoms. The van der Waals surface area contributed by atoms with E-state index in [1.807, 2.05) is 0 Å². The normalized spacial score (nSPS) is 9.08. The van der Waals surface area contributed by atoms with Crippen molar-refractivity contribution in [2.75, 3.05) is 6.61 Å². The Morgan fingerprint density at radius 1 is 1.54 bits per heavy atom. The topological polar surface area (TPSA) is 133 Å². The van der Waals surface area contributed by atoms with Crippen molar-refractivity contribution >= 4 is 16.6 Å². The van der Waals surface area contributed by atoms with Crippen molar-refractivity contribution < 1.29 is 66.8 Å². The third kappa shape index (κ3) is 47.5. The van der Waals surface area contributed by atoms with Gasteiger partial charge in [0.2, 0.25) is 6.16 Å². The Balaban J connectivity index is -0.000000173. The number of carbonyl (C=O) groups is 1. The zero-order valence-corrected chi connectivity index (χ0v) is 9.78. The Morgan fingerprint density at radius 3 is 1.92 bits per heavy atom. The van der Waals surface area contributed by atoms with Gasteiger partial charge < -0.3 is 15.0 Å². The van der Waals surface area contributed by atoms with E-state index < -0.39 is 16.6 Å². The maximum absolute atomic E-state index is 9.60. The Morgan fingerprint density at radius 2 is 1.85 bits per heavy atom. The van der Waals surface area contributed by atoms with Crippen LogP contribution in [0.2, 0.25) is 0 Å². The molecule has 8 nitrogen and oxygen atoms in total. The summed E-state index contributed by atoms with van der Waals surface area (Å²) >= 11 is 0. The molecule has 2 N–H and O–H groups in total. The fourth-order valence-corrected chi connectivity index (χ4v) is 0.327. The molecule has 0 fully saturated rings.